The highest BCUT2D eigenvalue weighted by Crippen LogP contribution is 2.47. The number of ether oxygens (including phenoxy) is 1. The van der Waals surface area contributed by atoms with Crippen molar-refractivity contribution in [3.8, 4) is 11.5 Å². The predicted molar refractivity (Wildman–Crippen MR) is 216 cm³/mol. The fraction of sp³-hybridized carbons (Fsp3) is 0.404. The molecular formula is C47H52N4O4. The molecule has 2 aliphatic carbocycles. The molecule has 0 radical (unpaired) electrons. The Morgan fingerprint density at radius 2 is 1.62 bits per heavy atom. The summed E-state index contributed by atoms with van der Waals surface area (Å²) in [6.07, 6.45) is 8.26. The summed E-state index contributed by atoms with van der Waals surface area (Å²) in [5.41, 5.74) is 8.88. The molecule has 2 saturated heterocycles. The average molecular weight is 737 g/mol. The largest absolute Gasteiger partial charge is 0.508 e. The number of phenolic OH excluding ortho intramolecular Hbond substituents is 1. The third-order valence-corrected chi connectivity index (χ3v) is 13.1. The maximum Gasteiger partial charge on any atom is 0.255 e. The average Bonchev–Trinajstić information content (AvgIpc) is 3.80. The zero-order chi connectivity index (χ0) is 37.5. The molecule has 3 fully saturated rings. The van der Waals surface area contributed by atoms with Crippen molar-refractivity contribution >= 4 is 17.5 Å². The quantitative estimate of drug-likeness (QED) is 0.183. The monoisotopic (exact) mass is 736 g/mol. The SMILES string of the molecule is C=C1CCC(N2Cc3cc(N4CCN(CCC5CCC(Oc6ccc([C@@H]7c8ccc(O)cc8CC[C@@H]7c7ccccc7)cc6)C5)CC4)ccc3C2=O)C(=O)N1. The first kappa shape index (κ1) is 35.6. The zero-order valence-electron chi connectivity index (χ0n) is 31.7. The number of aromatic hydroxyl groups is 1. The molecular weight excluding hydrogens is 685 g/mol. The number of nitrogens with zero attached hydrogens (tertiary/aromatic N) is 3. The van der Waals surface area contributed by atoms with Crippen molar-refractivity contribution in [1.29, 1.82) is 0 Å². The van der Waals surface area contributed by atoms with Gasteiger partial charge in [-0.15, -0.1) is 0 Å². The zero-order valence-corrected chi connectivity index (χ0v) is 31.7. The second-order valence-electron chi connectivity index (χ2n) is 16.4. The third kappa shape index (κ3) is 7.37. The van der Waals surface area contributed by atoms with E-state index >= 15 is 0 Å². The number of allylic oxidation sites excluding steroid dienone is 1. The van der Waals surface area contributed by atoms with Gasteiger partial charge in [-0.3, -0.25) is 14.5 Å². The number of rotatable bonds is 9. The van der Waals surface area contributed by atoms with Gasteiger partial charge in [-0.25, -0.2) is 0 Å². The van der Waals surface area contributed by atoms with Gasteiger partial charge in [0.15, 0.2) is 0 Å². The summed E-state index contributed by atoms with van der Waals surface area (Å²) in [6.45, 7) is 9.48. The molecule has 0 bridgehead atoms. The van der Waals surface area contributed by atoms with Gasteiger partial charge in [0, 0.05) is 55.6 Å². The Bertz CT molecular complexity index is 2060. The van der Waals surface area contributed by atoms with Gasteiger partial charge in [-0.1, -0.05) is 55.1 Å². The summed E-state index contributed by atoms with van der Waals surface area (Å²) < 4.78 is 6.59. The van der Waals surface area contributed by atoms with Gasteiger partial charge in [0.05, 0.1) is 6.10 Å². The first-order chi connectivity index (χ1) is 26.9. The van der Waals surface area contributed by atoms with E-state index in [2.05, 4.69) is 94.5 Å². The van der Waals surface area contributed by atoms with Crippen LogP contribution in [0.2, 0.25) is 0 Å². The van der Waals surface area contributed by atoms with Gasteiger partial charge in [0.2, 0.25) is 5.91 Å². The van der Waals surface area contributed by atoms with Gasteiger partial charge in [-0.2, -0.15) is 0 Å². The normalized spacial score (nSPS) is 25.5. The van der Waals surface area contributed by atoms with Gasteiger partial charge in [0.1, 0.15) is 17.5 Å². The number of benzene rings is 4. The number of anilines is 1. The molecule has 4 aromatic carbocycles. The van der Waals surface area contributed by atoms with Gasteiger partial charge in [-0.05, 0) is 140 Å². The van der Waals surface area contributed by atoms with Crippen molar-refractivity contribution in [2.45, 2.75) is 81.9 Å². The van der Waals surface area contributed by atoms with Crippen LogP contribution in [0.25, 0.3) is 0 Å². The number of piperidine rings is 1. The smallest absolute Gasteiger partial charge is 0.255 e. The fourth-order valence-electron chi connectivity index (χ4n) is 10.1. The molecule has 2 N–H and O–H groups in total. The molecule has 55 heavy (non-hydrogen) atoms. The summed E-state index contributed by atoms with van der Waals surface area (Å²) in [4.78, 5) is 32.6. The lowest BCUT2D eigenvalue weighted by Gasteiger charge is -2.36. The number of fused-ring (bicyclic) bond motifs is 2. The van der Waals surface area contributed by atoms with E-state index in [4.69, 9.17) is 4.74 Å². The molecule has 3 heterocycles. The van der Waals surface area contributed by atoms with Crippen molar-refractivity contribution in [3.05, 3.63) is 137 Å². The summed E-state index contributed by atoms with van der Waals surface area (Å²) in [7, 11) is 0. The van der Waals surface area contributed by atoms with E-state index in [-0.39, 0.29) is 23.8 Å². The third-order valence-electron chi connectivity index (χ3n) is 13.1. The predicted octanol–water partition coefficient (Wildman–Crippen LogP) is 7.76. The van der Waals surface area contributed by atoms with Crippen molar-refractivity contribution in [2.24, 2.45) is 5.92 Å². The molecule has 8 heteroatoms. The van der Waals surface area contributed by atoms with Crippen LogP contribution in [-0.2, 0) is 17.8 Å². The van der Waals surface area contributed by atoms with Gasteiger partial charge < -0.3 is 25.0 Å². The Labute approximate surface area is 324 Å². The number of nitrogens with one attached hydrogen (secondary N) is 1. The van der Waals surface area contributed by atoms with Crippen LogP contribution in [0.15, 0.2) is 103 Å². The van der Waals surface area contributed by atoms with Crippen LogP contribution in [0.4, 0.5) is 5.69 Å². The van der Waals surface area contributed by atoms with Crippen LogP contribution in [0.1, 0.15) is 95.0 Å². The molecule has 8 nitrogen and oxygen atoms in total. The Balaban J connectivity index is 0.754. The van der Waals surface area contributed by atoms with Crippen LogP contribution in [0, 0.1) is 5.92 Å². The van der Waals surface area contributed by atoms with Gasteiger partial charge >= 0.3 is 0 Å². The lowest BCUT2D eigenvalue weighted by atomic mass is 9.69. The maximum atomic E-state index is 13.2. The summed E-state index contributed by atoms with van der Waals surface area (Å²) >= 11 is 0. The molecule has 1 saturated carbocycles. The Kier molecular flexibility index (Phi) is 9.85. The standard InChI is InChI=1S/C47H52N4O4/c1-31-7-20-44(46(53)48-31)51-30-36-28-37(12-18-43(36)47(51)54)50-25-23-49(24-26-50)22-21-32-8-14-40(27-32)55-39-15-9-34(10-16-39)45-41(33-5-3-2-4-6-33)17-11-35-29-38(52)13-19-42(35)45/h2-6,9-10,12-13,15-16,18-19,28-29,32,40-41,44-45,52H,1,7-8,11,14,17,20-27,30H2,(H,48,53)/t32?,40?,41-,44?,45+/m1/s1. The van der Waals surface area contributed by atoms with Crippen LogP contribution in [-0.4, -0.2) is 71.6 Å². The number of piperazine rings is 1. The van der Waals surface area contributed by atoms with E-state index in [9.17, 15) is 14.7 Å². The fourth-order valence-corrected chi connectivity index (χ4v) is 10.1. The number of aryl methyl sites for hydroxylation is 1. The summed E-state index contributed by atoms with van der Waals surface area (Å²) in [5, 5.41) is 13.0. The number of hydrogen-bond donors (Lipinski definition) is 2. The lowest BCUT2D eigenvalue weighted by molar-refractivity contribution is -0.126. The Hall–Kier alpha value is -5.08. The molecule has 3 unspecified atom stereocenters. The van der Waals surface area contributed by atoms with E-state index in [1.807, 2.05) is 18.2 Å². The van der Waals surface area contributed by atoms with Crippen LogP contribution >= 0.6 is 0 Å². The van der Waals surface area contributed by atoms with E-state index in [1.54, 1.807) is 4.90 Å². The van der Waals surface area contributed by atoms with E-state index < -0.39 is 6.04 Å². The van der Waals surface area contributed by atoms with Crippen molar-refractivity contribution in [3.63, 3.8) is 0 Å². The molecule has 4 aromatic rings. The molecule has 284 valence electrons. The molecule has 2 amide bonds. The first-order valence-electron chi connectivity index (χ1n) is 20.4. The van der Waals surface area contributed by atoms with Crippen molar-refractivity contribution in [2.75, 3.05) is 37.6 Å². The highest BCUT2D eigenvalue weighted by Gasteiger charge is 2.38. The topological polar surface area (TPSA) is 85.4 Å². The van der Waals surface area contributed by atoms with E-state index in [0.717, 1.165) is 86.7 Å². The minimum atomic E-state index is -0.428. The number of amides is 2. The van der Waals surface area contributed by atoms with Crippen LogP contribution in [0.3, 0.4) is 0 Å². The first-order valence-corrected chi connectivity index (χ1v) is 20.4. The molecule has 0 aromatic heterocycles. The van der Waals surface area contributed by atoms with E-state index in [0.29, 0.717) is 37.0 Å². The number of hydrogen-bond acceptors (Lipinski definition) is 6. The summed E-state index contributed by atoms with van der Waals surface area (Å²) in [6, 6.07) is 31.4. The second kappa shape index (κ2) is 15.2. The lowest BCUT2D eigenvalue weighted by Crippen LogP contribution is -2.49. The van der Waals surface area contributed by atoms with Crippen LogP contribution < -0.4 is 15.0 Å². The number of phenols is 1. The molecule has 3 aliphatic heterocycles. The van der Waals surface area contributed by atoms with Crippen molar-refractivity contribution < 1.29 is 19.4 Å². The van der Waals surface area contributed by atoms with Crippen LogP contribution in [0.5, 0.6) is 11.5 Å². The van der Waals surface area contributed by atoms with Crippen molar-refractivity contribution in [1.82, 2.24) is 15.1 Å². The van der Waals surface area contributed by atoms with Gasteiger partial charge in [0.25, 0.3) is 5.91 Å². The highest BCUT2D eigenvalue weighted by molar-refractivity contribution is 6.01. The molecule has 5 atom stereocenters. The highest BCUT2D eigenvalue weighted by atomic mass is 16.5. The number of carbonyl (C=O) groups is 2. The molecule has 9 rings (SSSR count). The number of carbonyl (C=O) groups excluding carboxylic acids is 2. The minimum absolute atomic E-state index is 0.0435. The Morgan fingerprint density at radius 3 is 2.42 bits per heavy atom. The maximum absolute atomic E-state index is 13.2. The molecule has 5 aliphatic rings. The minimum Gasteiger partial charge on any atom is -0.508 e. The summed E-state index contributed by atoms with van der Waals surface area (Å²) in [5.74, 6) is 2.45. The molecule has 0 spiro atoms. The second-order valence-corrected chi connectivity index (χ2v) is 16.4. The Morgan fingerprint density at radius 1 is 0.800 bits per heavy atom. The van der Waals surface area contributed by atoms with E-state index in [1.165, 1.54) is 35.1 Å².